The van der Waals surface area contributed by atoms with Gasteiger partial charge in [0.25, 0.3) is 0 Å². The molecule has 7 nitrogen and oxygen atoms in total. The molecule has 0 atom stereocenters. The van der Waals surface area contributed by atoms with E-state index in [9.17, 15) is 48.9 Å². The number of hydrogen-bond donors (Lipinski definition) is 0. The highest BCUT2D eigenvalue weighted by Gasteiger charge is 2.75. The molecule has 0 saturated carbocycles. The van der Waals surface area contributed by atoms with Gasteiger partial charge in [-0.15, -0.1) is 0 Å². The highest BCUT2D eigenvalue weighted by Crippen LogP contribution is 2.47. The monoisotopic (exact) mass is 485 g/mol. The summed E-state index contributed by atoms with van der Waals surface area (Å²) in [4.78, 5) is 24.1. The average molecular weight is 485 g/mol. The number of rotatable bonds is 6. The molecule has 0 bridgehead atoms. The molecule has 0 saturated heterocycles. The summed E-state index contributed by atoms with van der Waals surface area (Å²) in [6.45, 7) is 3.09. The molecule has 0 heterocycles. The van der Waals surface area contributed by atoms with Crippen molar-refractivity contribution in [3.05, 3.63) is 54.6 Å². The maximum Gasteiger partial charge on any atom is 0.438 e. The van der Waals surface area contributed by atoms with Gasteiger partial charge in [0.2, 0.25) is 0 Å². The van der Waals surface area contributed by atoms with Crippen molar-refractivity contribution in [3.8, 4) is 5.75 Å². The minimum Gasteiger partial charge on any atom is -0.748 e. The fourth-order valence-corrected chi connectivity index (χ4v) is 3.47. The van der Waals surface area contributed by atoms with Crippen LogP contribution in [0.3, 0.4) is 0 Å². The number of hydrogen-bond acceptors (Lipinski definition) is 7. The lowest BCUT2D eigenvalue weighted by atomic mass is 10.0. The minimum atomic E-state index is -6.55. The van der Waals surface area contributed by atoms with Crippen molar-refractivity contribution in [2.75, 3.05) is 5.75 Å². The third-order valence-corrected chi connectivity index (χ3v) is 4.79. The first-order chi connectivity index (χ1) is 14.5. The van der Waals surface area contributed by atoms with Crippen LogP contribution in [0.1, 0.15) is 10.4 Å². The zero-order valence-electron chi connectivity index (χ0n) is 15.5. The van der Waals surface area contributed by atoms with E-state index in [1.807, 2.05) is 0 Å². The molecule has 0 amide bonds. The van der Waals surface area contributed by atoms with Crippen LogP contribution in [-0.2, 0) is 19.6 Å². The number of carbonyl (C=O) groups excluding carboxylic acids is 2. The van der Waals surface area contributed by atoms with Gasteiger partial charge in [-0.1, -0.05) is 36.9 Å². The van der Waals surface area contributed by atoms with E-state index in [-0.39, 0.29) is 10.8 Å². The molecular weight excluding hydrogens is 474 g/mol. The summed E-state index contributed by atoms with van der Waals surface area (Å²) in [6, 6.07) is 7.33. The van der Waals surface area contributed by atoms with Crippen molar-refractivity contribution >= 4 is 32.8 Å². The van der Waals surface area contributed by atoms with Crippen LogP contribution in [0.4, 0.5) is 26.3 Å². The van der Waals surface area contributed by atoms with E-state index < -0.39 is 57.1 Å². The second kappa shape index (κ2) is 8.43. The molecule has 0 N–H and O–H groups in total. The number of ether oxygens (including phenoxy) is 2. The standard InChI is InChI=1S/C18H12F6O7S/c1-2-13(25)30-14-11-6-4-3-5-10(11)7-8-12(14)15(26)31-16(17(19,20)21,18(22,23)24)9-32(27,28)29/h2-8H,1,9H2,(H,27,28,29)/p-1. The number of benzene rings is 2. The topological polar surface area (TPSA) is 110 Å². The maximum atomic E-state index is 13.4. The van der Waals surface area contributed by atoms with Gasteiger partial charge in [-0.25, -0.2) is 18.0 Å². The van der Waals surface area contributed by atoms with Gasteiger partial charge in [0, 0.05) is 11.5 Å². The van der Waals surface area contributed by atoms with E-state index in [0.29, 0.717) is 12.1 Å². The Bertz CT molecular complexity index is 1150. The van der Waals surface area contributed by atoms with Crippen molar-refractivity contribution in [2.45, 2.75) is 18.0 Å². The molecule has 2 aromatic carbocycles. The second-order valence-corrected chi connectivity index (χ2v) is 7.61. The van der Waals surface area contributed by atoms with Crippen molar-refractivity contribution in [3.63, 3.8) is 0 Å². The van der Waals surface area contributed by atoms with Gasteiger partial charge in [0.1, 0.15) is 5.56 Å². The number of esters is 2. The normalized spacial score (nSPS) is 13.0. The number of alkyl halides is 6. The highest BCUT2D eigenvalue weighted by atomic mass is 32.2. The lowest BCUT2D eigenvalue weighted by Gasteiger charge is -2.37. The van der Waals surface area contributed by atoms with Crippen molar-refractivity contribution in [1.29, 1.82) is 0 Å². The van der Waals surface area contributed by atoms with E-state index in [4.69, 9.17) is 4.74 Å². The van der Waals surface area contributed by atoms with Gasteiger partial charge in [-0.05, 0) is 11.5 Å². The Morgan fingerprint density at radius 1 is 1.00 bits per heavy atom. The van der Waals surface area contributed by atoms with Gasteiger partial charge in [-0.2, -0.15) is 26.3 Å². The first-order valence-corrected chi connectivity index (χ1v) is 9.76. The lowest BCUT2D eigenvalue weighted by molar-refractivity contribution is -0.356. The fourth-order valence-electron chi connectivity index (χ4n) is 2.59. The molecule has 0 unspecified atom stereocenters. The molecule has 2 aromatic rings. The van der Waals surface area contributed by atoms with Crippen LogP contribution < -0.4 is 4.74 Å². The summed E-state index contributed by atoms with van der Waals surface area (Å²) in [7, 11) is -6.21. The summed E-state index contributed by atoms with van der Waals surface area (Å²) in [5.74, 6) is -7.48. The molecule has 32 heavy (non-hydrogen) atoms. The Morgan fingerprint density at radius 2 is 1.56 bits per heavy atom. The molecular formula is C18H11F6O7S-. The van der Waals surface area contributed by atoms with E-state index in [0.717, 1.165) is 6.07 Å². The predicted molar refractivity (Wildman–Crippen MR) is 94.6 cm³/mol. The molecule has 0 aliphatic carbocycles. The van der Waals surface area contributed by atoms with Gasteiger partial charge in [-0.3, -0.25) is 0 Å². The highest BCUT2D eigenvalue weighted by molar-refractivity contribution is 7.85. The first-order valence-electron chi connectivity index (χ1n) is 8.19. The van der Waals surface area contributed by atoms with Crippen LogP contribution >= 0.6 is 0 Å². The van der Waals surface area contributed by atoms with Crippen molar-refractivity contribution in [2.24, 2.45) is 0 Å². The summed E-state index contributed by atoms with van der Waals surface area (Å²) >= 11 is 0. The first kappa shape index (κ1) is 25.1. The van der Waals surface area contributed by atoms with E-state index in [2.05, 4.69) is 11.3 Å². The Morgan fingerprint density at radius 3 is 2.06 bits per heavy atom. The third-order valence-electron chi connectivity index (χ3n) is 4.03. The molecule has 0 fully saturated rings. The molecule has 0 spiro atoms. The van der Waals surface area contributed by atoms with Crippen LogP contribution in [0.2, 0.25) is 0 Å². The fraction of sp³-hybridized carbons (Fsp3) is 0.222. The van der Waals surface area contributed by atoms with E-state index in [1.54, 1.807) is 0 Å². The molecule has 2 rings (SSSR count). The van der Waals surface area contributed by atoms with Crippen LogP contribution in [0.5, 0.6) is 5.75 Å². The Kier molecular flexibility index (Phi) is 6.62. The Labute approximate surface area is 176 Å². The molecule has 0 aliphatic heterocycles. The molecule has 174 valence electrons. The predicted octanol–water partition coefficient (Wildman–Crippen LogP) is 3.50. The maximum absolute atomic E-state index is 13.4. The summed E-state index contributed by atoms with van der Waals surface area (Å²) < 4.78 is 121. The largest absolute Gasteiger partial charge is 0.748 e. The number of halogens is 6. The van der Waals surface area contributed by atoms with E-state index >= 15 is 0 Å². The minimum absolute atomic E-state index is 0.0711. The Hall–Kier alpha value is -3.13. The SMILES string of the molecule is C=CC(=O)Oc1c(C(=O)OC(CS(=O)(=O)[O-])(C(F)(F)F)C(F)(F)F)ccc2ccccc12. The van der Waals surface area contributed by atoms with Crippen molar-refractivity contribution < 1.29 is 58.4 Å². The molecule has 0 radical (unpaired) electrons. The van der Waals surface area contributed by atoms with Crippen molar-refractivity contribution in [1.82, 2.24) is 0 Å². The quantitative estimate of drug-likeness (QED) is 0.203. The van der Waals surface area contributed by atoms with E-state index in [1.165, 1.54) is 24.3 Å². The van der Waals surface area contributed by atoms with Crippen LogP contribution in [-0.4, -0.2) is 48.6 Å². The van der Waals surface area contributed by atoms with Gasteiger partial charge >= 0.3 is 29.9 Å². The van der Waals surface area contributed by atoms with Gasteiger partial charge < -0.3 is 14.0 Å². The smallest absolute Gasteiger partial charge is 0.438 e. The molecule has 0 aliphatic rings. The molecule has 14 heteroatoms. The number of fused-ring (bicyclic) bond motifs is 1. The second-order valence-electron chi connectivity index (χ2n) is 6.20. The van der Waals surface area contributed by atoms with Crippen LogP contribution in [0.25, 0.3) is 10.8 Å². The summed E-state index contributed by atoms with van der Waals surface area (Å²) in [5.41, 5.74) is -6.75. The summed E-state index contributed by atoms with van der Waals surface area (Å²) in [5, 5.41) is 0.203. The van der Waals surface area contributed by atoms with Gasteiger partial charge in [0.15, 0.2) is 5.75 Å². The van der Waals surface area contributed by atoms with Gasteiger partial charge in [0.05, 0.1) is 15.9 Å². The third kappa shape index (κ3) is 5.02. The zero-order valence-corrected chi connectivity index (χ0v) is 16.3. The summed E-state index contributed by atoms with van der Waals surface area (Å²) in [6.07, 6.45) is -12.5. The average Bonchev–Trinajstić information content (AvgIpc) is 2.64. The van der Waals surface area contributed by atoms with Crippen LogP contribution in [0.15, 0.2) is 49.1 Å². The molecule has 0 aromatic heterocycles. The Balaban J connectivity index is 2.72. The van der Waals surface area contributed by atoms with Crippen LogP contribution in [0, 0.1) is 0 Å². The zero-order chi connectivity index (χ0) is 24.5. The lowest BCUT2D eigenvalue weighted by Crippen LogP contribution is -2.63. The number of carbonyl (C=O) groups is 2.